The van der Waals surface area contributed by atoms with Crippen LogP contribution < -0.4 is 10.6 Å². The fourth-order valence-corrected chi connectivity index (χ4v) is 2.45. The second-order valence-corrected chi connectivity index (χ2v) is 5.95. The van der Waals surface area contributed by atoms with E-state index >= 15 is 0 Å². The van der Waals surface area contributed by atoms with Crippen LogP contribution in [0, 0.1) is 0 Å². The molecule has 8 heteroatoms. The van der Waals surface area contributed by atoms with Gasteiger partial charge in [-0.1, -0.05) is 12.1 Å². The molecule has 0 saturated carbocycles. The minimum atomic E-state index is -4.72. The van der Waals surface area contributed by atoms with Crippen molar-refractivity contribution in [3.63, 3.8) is 0 Å². The second kappa shape index (κ2) is 6.65. The minimum absolute atomic E-state index is 0.0217. The average molecular weight is 306 g/mol. The van der Waals surface area contributed by atoms with Gasteiger partial charge in [0, 0.05) is 6.54 Å². The van der Waals surface area contributed by atoms with E-state index in [1.165, 1.54) is 25.1 Å². The number of amides is 1. The lowest BCUT2D eigenvalue weighted by Crippen LogP contribution is -2.37. The molecule has 20 heavy (non-hydrogen) atoms. The van der Waals surface area contributed by atoms with Crippen LogP contribution in [-0.4, -0.2) is 32.7 Å². The molecule has 0 aromatic heterocycles. The number of carbonyl (C=O) groups is 1. The van der Waals surface area contributed by atoms with Crippen molar-refractivity contribution in [2.45, 2.75) is 30.5 Å². The first-order valence-electron chi connectivity index (χ1n) is 5.96. The fraction of sp³-hybridized carbons (Fsp3) is 0.417. The van der Waals surface area contributed by atoms with Crippen LogP contribution in [0.5, 0.6) is 0 Å². The monoisotopic (exact) mass is 306 g/mol. The minimum Gasteiger partial charge on any atom is -0.373 e. The zero-order chi connectivity index (χ0) is 15.3. The number of carbonyl (C=O) groups excluding carboxylic acids is 1. The standard InChI is InChI=1S/C12H16F2N2O3S/c1-3-15-11(17)8(2)16-9-6-4-5-7-10(9)20(18,19)12(13)14/h4-8,12,16H,3H2,1-2H3,(H,15,17). The van der Waals surface area contributed by atoms with Crippen LogP contribution in [0.25, 0.3) is 0 Å². The van der Waals surface area contributed by atoms with Crippen molar-refractivity contribution in [2.75, 3.05) is 11.9 Å². The third-order valence-electron chi connectivity index (χ3n) is 2.54. The number of alkyl halides is 2. The number of hydrogen-bond donors (Lipinski definition) is 2. The highest BCUT2D eigenvalue weighted by Crippen LogP contribution is 2.26. The van der Waals surface area contributed by atoms with Gasteiger partial charge in [-0.2, -0.15) is 8.78 Å². The molecule has 1 atom stereocenters. The molecule has 5 nitrogen and oxygen atoms in total. The van der Waals surface area contributed by atoms with Gasteiger partial charge in [-0.25, -0.2) is 8.42 Å². The second-order valence-electron chi connectivity index (χ2n) is 4.06. The van der Waals surface area contributed by atoms with Gasteiger partial charge in [0.1, 0.15) is 6.04 Å². The molecule has 0 aliphatic carbocycles. The number of rotatable bonds is 6. The summed E-state index contributed by atoms with van der Waals surface area (Å²) in [5, 5.41) is 5.18. The molecule has 0 fully saturated rings. The average Bonchev–Trinajstić information content (AvgIpc) is 2.39. The van der Waals surface area contributed by atoms with Gasteiger partial charge in [0.15, 0.2) is 0 Å². The largest absolute Gasteiger partial charge is 0.373 e. The molecule has 0 radical (unpaired) electrons. The summed E-state index contributed by atoms with van der Waals surface area (Å²) in [6.07, 6.45) is 0. The molecule has 112 valence electrons. The van der Waals surface area contributed by atoms with Crippen LogP contribution >= 0.6 is 0 Å². The van der Waals surface area contributed by atoms with Crippen molar-refractivity contribution in [2.24, 2.45) is 0 Å². The number of likely N-dealkylation sites (N-methyl/N-ethyl adjacent to an activating group) is 1. The molecule has 0 heterocycles. The van der Waals surface area contributed by atoms with Gasteiger partial charge in [0.25, 0.3) is 0 Å². The zero-order valence-corrected chi connectivity index (χ0v) is 11.9. The summed E-state index contributed by atoms with van der Waals surface area (Å²) in [5.74, 6) is -3.86. The molecule has 0 bridgehead atoms. The number of halogens is 2. The summed E-state index contributed by atoms with van der Waals surface area (Å²) in [4.78, 5) is 11.0. The summed E-state index contributed by atoms with van der Waals surface area (Å²) < 4.78 is 48.3. The van der Waals surface area contributed by atoms with Gasteiger partial charge in [0.05, 0.1) is 10.6 Å². The fourth-order valence-electron chi connectivity index (χ4n) is 1.56. The third kappa shape index (κ3) is 3.66. The molecule has 0 aliphatic rings. The van der Waals surface area contributed by atoms with Crippen LogP contribution in [-0.2, 0) is 14.6 Å². The van der Waals surface area contributed by atoms with Crippen LogP contribution in [0.15, 0.2) is 29.2 Å². The molecule has 0 aliphatic heterocycles. The predicted octanol–water partition coefficient (Wildman–Crippen LogP) is 1.62. The molecule has 2 N–H and O–H groups in total. The van der Waals surface area contributed by atoms with Gasteiger partial charge < -0.3 is 10.6 Å². The van der Waals surface area contributed by atoms with E-state index < -0.39 is 26.5 Å². The molecule has 1 aromatic carbocycles. The van der Waals surface area contributed by atoms with E-state index in [1.807, 2.05) is 0 Å². The molecule has 1 unspecified atom stereocenters. The Morgan fingerprint density at radius 1 is 1.30 bits per heavy atom. The molecule has 1 amide bonds. The van der Waals surface area contributed by atoms with E-state index in [-0.39, 0.29) is 11.6 Å². The highest BCUT2D eigenvalue weighted by atomic mass is 32.2. The number of benzene rings is 1. The summed E-state index contributed by atoms with van der Waals surface area (Å²) >= 11 is 0. The van der Waals surface area contributed by atoms with Crippen LogP contribution in [0.4, 0.5) is 14.5 Å². The molecule has 1 aromatic rings. The highest BCUT2D eigenvalue weighted by Gasteiger charge is 2.29. The van der Waals surface area contributed by atoms with Crippen molar-refractivity contribution in [1.82, 2.24) is 5.32 Å². The number of para-hydroxylation sites is 1. The Morgan fingerprint density at radius 3 is 2.45 bits per heavy atom. The molecular weight excluding hydrogens is 290 g/mol. The Kier molecular flexibility index (Phi) is 5.43. The topological polar surface area (TPSA) is 75.3 Å². The Morgan fingerprint density at radius 2 is 1.90 bits per heavy atom. The SMILES string of the molecule is CCNC(=O)C(C)Nc1ccccc1S(=O)(=O)C(F)F. The molecular formula is C12H16F2N2O3S. The normalized spacial score (nSPS) is 13.1. The maximum Gasteiger partial charge on any atom is 0.341 e. The van der Waals surface area contributed by atoms with Crippen molar-refractivity contribution in [1.29, 1.82) is 0 Å². The van der Waals surface area contributed by atoms with Crippen molar-refractivity contribution in [3.05, 3.63) is 24.3 Å². The summed E-state index contributed by atoms with van der Waals surface area (Å²) in [6.45, 7) is 3.67. The lowest BCUT2D eigenvalue weighted by atomic mass is 10.2. The number of nitrogens with one attached hydrogen (secondary N) is 2. The Bertz CT molecular complexity index is 576. The maximum atomic E-state index is 12.6. The van der Waals surface area contributed by atoms with Crippen molar-refractivity contribution >= 4 is 21.4 Å². The third-order valence-corrected chi connectivity index (χ3v) is 3.98. The van der Waals surface area contributed by atoms with Gasteiger partial charge >= 0.3 is 5.76 Å². The van der Waals surface area contributed by atoms with Gasteiger partial charge in [0.2, 0.25) is 15.7 Å². The first-order chi connectivity index (χ1) is 9.30. The zero-order valence-electron chi connectivity index (χ0n) is 11.1. The van der Waals surface area contributed by atoms with Crippen LogP contribution in [0.3, 0.4) is 0 Å². The Balaban J connectivity index is 3.06. The van der Waals surface area contributed by atoms with Crippen LogP contribution in [0.2, 0.25) is 0 Å². The summed E-state index contributed by atoms with van der Waals surface area (Å²) in [7, 11) is -4.72. The van der Waals surface area contributed by atoms with Crippen LogP contribution in [0.1, 0.15) is 13.8 Å². The number of anilines is 1. The molecule has 1 rings (SSSR count). The quantitative estimate of drug-likeness (QED) is 0.837. The summed E-state index contributed by atoms with van der Waals surface area (Å²) in [6, 6.07) is 4.51. The van der Waals surface area contributed by atoms with Gasteiger partial charge in [-0.15, -0.1) is 0 Å². The van der Waals surface area contributed by atoms with Crippen molar-refractivity contribution in [3.8, 4) is 0 Å². The first-order valence-corrected chi connectivity index (χ1v) is 7.50. The maximum absolute atomic E-state index is 12.6. The molecule has 0 spiro atoms. The Hall–Kier alpha value is -1.70. The van der Waals surface area contributed by atoms with Gasteiger partial charge in [-0.05, 0) is 26.0 Å². The predicted molar refractivity (Wildman–Crippen MR) is 71.4 cm³/mol. The lowest BCUT2D eigenvalue weighted by molar-refractivity contribution is -0.121. The lowest BCUT2D eigenvalue weighted by Gasteiger charge is -2.17. The molecule has 0 saturated heterocycles. The number of sulfone groups is 1. The van der Waals surface area contributed by atoms with E-state index in [1.54, 1.807) is 6.92 Å². The van der Waals surface area contributed by atoms with E-state index in [2.05, 4.69) is 10.6 Å². The van der Waals surface area contributed by atoms with E-state index in [9.17, 15) is 22.0 Å². The number of hydrogen-bond acceptors (Lipinski definition) is 4. The van der Waals surface area contributed by atoms with E-state index in [4.69, 9.17) is 0 Å². The first kappa shape index (κ1) is 16.4. The smallest absolute Gasteiger partial charge is 0.341 e. The van der Waals surface area contributed by atoms with E-state index in [0.29, 0.717) is 6.54 Å². The highest BCUT2D eigenvalue weighted by molar-refractivity contribution is 7.91. The Labute approximate surface area is 116 Å². The van der Waals surface area contributed by atoms with Gasteiger partial charge in [-0.3, -0.25) is 4.79 Å². The van der Waals surface area contributed by atoms with Crippen molar-refractivity contribution < 1.29 is 22.0 Å². The van der Waals surface area contributed by atoms with E-state index in [0.717, 1.165) is 6.07 Å². The summed E-state index contributed by atoms with van der Waals surface area (Å²) in [5.41, 5.74) is -0.0217.